The second kappa shape index (κ2) is 4.99. The van der Waals surface area contributed by atoms with Crippen LogP contribution in [0.1, 0.15) is 0 Å². The number of phenols is 2. The van der Waals surface area contributed by atoms with E-state index in [9.17, 15) is 10.2 Å². The van der Waals surface area contributed by atoms with Crippen molar-refractivity contribution in [2.45, 2.75) is 0 Å². The third-order valence-electron chi connectivity index (χ3n) is 2.46. The highest BCUT2D eigenvalue weighted by molar-refractivity contribution is 5.85. The smallest absolute Gasteiger partial charge is 0.182 e. The molecular weight excluding hydrogens is 270 g/mol. The summed E-state index contributed by atoms with van der Waals surface area (Å²) in [6, 6.07) is 4.42. The van der Waals surface area contributed by atoms with Crippen molar-refractivity contribution in [1.29, 1.82) is 0 Å². The summed E-state index contributed by atoms with van der Waals surface area (Å²) in [7, 11) is 0. The Morgan fingerprint density at radius 1 is 1.05 bits per heavy atom. The fourth-order valence-electron chi connectivity index (χ4n) is 1.60. The highest BCUT2D eigenvalue weighted by atomic mass is 35.5. The van der Waals surface area contributed by atoms with E-state index in [0.29, 0.717) is 22.7 Å². The van der Waals surface area contributed by atoms with E-state index in [1.807, 2.05) is 0 Å². The largest absolute Gasteiger partial charge is 0.504 e. The Morgan fingerprint density at radius 2 is 1.89 bits per heavy atom. The topological polar surface area (TPSA) is 107 Å². The van der Waals surface area contributed by atoms with E-state index in [0.717, 1.165) is 0 Å². The van der Waals surface area contributed by atoms with Crippen molar-refractivity contribution in [3.8, 4) is 11.5 Å². The summed E-state index contributed by atoms with van der Waals surface area (Å²) >= 11 is 0. The van der Waals surface area contributed by atoms with E-state index in [4.69, 9.17) is 0 Å². The molecule has 0 saturated heterocycles. The van der Waals surface area contributed by atoms with Crippen LogP contribution in [0.15, 0.2) is 30.9 Å². The third-order valence-corrected chi connectivity index (χ3v) is 2.46. The van der Waals surface area contributed by atoms with Crippen LogP contribution in [0, 0.1) is 0 Å². The van der Waals surface area contributed by atoms with Crippen molar-refractivity contribution < 1.29 is 10.2 Å². The number of nitrogens with one attached hydrogen (secondary N) is 2. The van der Waals surface area contributed by atoms with E-state index in [1.54, 1.807) is 6.07 Å². The van der Waals surface area contributed by atoms with Gasteiger partial charge >= 0.3 is 0 Å². The number of H-pyrrole nitrogens is 1. The molecule has 4 N–H and O–H groups in total. The van der Waals surface area contributed by atoms with Gasteiger partial charge in [-0.1, -0.05) is 0 Å². The molecule has 0 amide bonds. The van der Waals surface area contributed by atoms with Crippen LogP contribution < -0.4 is 5.32 Å². The zero-order chi connectivity index (χ0) is 12.5. The number of hydrogen-bond donors (Lipinski definition) is 4. The molecule has 0 spiro atoms. The van der Waals surface area contributed by atoms with Crippen molar-refractivity contribution in [2.75, 3.05) is 5.32 Å². The van der Waals surface area contributed by atoms with Crippen molar-refractivity contribution in [3.05, 3.63) is 30.9 Å². The first kappa shape index (κ1) is 12.9. The van der Waals surface area contributed by atoms with Gasteiger partial charge in [0, 0.05) is 11.8 Å². The Kier molecular flexibility index (Phi) is 3.39. The number of fused-ring (bicyclic) bond motifs is 1. The first-order chi connectivity index (χ1) is 8.74. The third kappa shape index (κ3) is 2.36. The Bertz CT molecular complexity index is 715. The second-order valence-corrected chi connectivity index (χ2v) is 3.65. The number of anilines is 2. The summed E-state index contributed by atoms with van der Waals surface area (Å²) < 4.78 is 0. The van der Waals surface area contributed by atoms with Crippen molar-refractivity contribution in [3.63, 3.8) is 0 Å². The molecule has 0 radical (unpaired) electrons. The molecule has 8 heteroatoms. The lowest BCUT2D eigenvalue weighted by atomic mass is 10.3. The molecule has 19 heavy (non-hydrogen) atoms. The molecule has 1 aromatic carbocycles. The van der Waals surface area contributed by atoms with Crippen LogP contribution in [0.25, 0.3) is 11.2 Å². The predicted molar refractivity (Wildman–Crippen MR) is 72.0 cm³/mol. The lowest BCUT2D eigenvalue weighted by molar-refractivity contribution is 0.404. The molecule has 0 aliphatic heterocycles. The average molecular weight is 280 g/mol. The number of aromatic nitrogens is 4. The molecule has 0 bridgehead atoms. The lowest BCUT2D eigenvalue weighted by Crippen LogP contribution is -1.95. The van der Waals surface area contributed by atoms with E-state index in [1.165, 1.54) is 24.8 Å². The molecule has 0 unspecified atom stereocenters. The van der Waals surface area contributed by atoms with Gasteiger partial charge in [-0.15, -0.1) is 12.4 Å². The molecule has 3 rings (SSSR count). The quantitative estimate of drug-likeness (QED) is 0.422. The molecule has 0 saturated carbocycles. The van der Waals surface area contributed by atoms with Gasteiger partial charge in [-0.05, 0) is 12.1 Å². The molecule has 0 atom stereocenters. The van der Waals surface area contributed by atoms with E-state index in [-0.39, 0.29) is 23.9 Å². The normalized spacial score (nSPS) is 10.1. The number of phenolic OH excluding ortho intramolecular Hbond substituents is 2. The number of hydrogen-bond acceptors (Lipinski definition) is 6. The molecule has 3 aromatic rings. The SMILES string of the molecule is Cl.Oc1ccc(Nc2ncnc3nc[nH]c23)cc1O. The first-order valence-electron chi connectivity index (χ1n) is 5.17. The fraction of sp³-hybridized carbons (Fsp3) is 0. The number of aromatic amines is 1. The van der Waals surface area contributed by atoms with Crippen LogP contribution in [0.4, 0.5) is 11.5 Å². The maximum atomic E-state index is 9.41. The minimum Gasteiger partial charge on any atom is -0.504 e. The van der Waals surface area contributed by atoms with E-state index >= 15 is 0 Å². The molecule has 0 fully saturated rings. The Balaban J connectivity index is 0.00000133. The van der Waals surface area contributed by atoms with Crippen LogP contribution in [0.5, 0.6) is 11.5 Å². The molecule has 2 heterocycles. The van der Waals surface area contributed by atoms with Crippen molar-refractivity contribution >= 4 is 35.1 Å². The highest BCUT2D eigenvalue weighted by Crippen LogP contribution is 2.29. The first-order valence-corrected chi connectivity index (χ1v) is 5.17. The number of nitrogens with zero attached hydrogens (tertiary/aromatic N) is 3. The number of benzene rings is 1. The van der Waals surface area contributed by atoms with E-state index in [2.05, 4.69) is 25.3 Å². The summed E-state index contributed by atoms with van der Waals surface area (Å²) in [5.41, 5.74) is 1.82. The summed E-state index contributed by atoms with van der Waals surface area (Å²) in [5.74, 6) is 0.174. The number of aromatic hydroxyl groups is 2. The maximum Gasteiger partial charge on any atom is 0.182 e. The lowest BCUT2D eigenvalue weighted by Gasteiger charge is -2.06. The molecule has 7 nitrogen and oxygen atoms in total. The number of halogens is 1. The Hall–Kier alpha value is -2.54. The predicted octanol–water partition coefficient (Wildman–Crippen LogP) is 1.93. The van der Waals surface area contributed by atoms with Gasteiger partial charge in [0.05, 0.1) is 6.33 Å². The zero-order valence-corrected chi connectivity index (χ0v) is 10.3. The summed E-state index contributed by atoms with van der Waals surface area (Å²) in [6.45, 7) is 0. The monoisotopic (exact) mass is 279 g/mol. The van der Waals surface area contributed by atoms with Gasteiger partial charge in [-0.2, -0.15) is 0 Å². The molecule has 0 aliphatic carbocycles. The van der Waals surface area contributed by atoms with Gasteiger partial charge in [0.2, 0.25) is 0 Å². The average Bonchev–Trinajstić information content (AvgIpc) is 2.83. The number of imidazole rings is 1. The summed E-state index contributed by atoms with van der Waals surface area (Å²) in [4.78, 5) is 15.0. The fourth-order valence-corrected chi connectivity index (χ4v) is 1.60. The van der Waals surface area contributed by atoms with Gasteiger partial charge < -0.3 is 20.5 Å². The van der Waals surface area contributed by atoms with Gasteiger partial charge in [-0.3, -0.25) is 0 Å². The van der Waals surface area contributed by atoms with Crippen LogP contribution in [-0.2, 0) is 0 Å². The van der Waals surface area contributed by atoms with Gasteiger partial charge in [0.25, 0.3) is 0 Å². The summed E-state index contributed by atoms with van der Waals surface area (Å²) in [6.07, 6.45) is 2.92. The van der Waals surface area contributed by atoms with Crippen LogP contribution in [0.3, 0.4) is 0 Å². The van der Waals surface area contributed by atoms with Crippen LogP contribution in [0.2, 0.25) is 0 Å². The summed E-state index contributed by atoms with van der Waals surface area (Å²) in [5, 5.41) is 21.6. The standard InChI is InChI=1S/C11H9N5O2.ClH/c17-7-2-1-6(3-8(7)18)16-11-9-10(13-4-12-9)14-5-15-11;/h1-5,17-18H,(H2,12,13,14,15,16);1H. The molecule has 98 valence electrons. The van der Waals surface area contributed by atoms with Crippen molar-refractivity contribution in [2.24, 2.45) is 0 Å². The minimum absolute atomic E-state index is 0. The number of rotatable bonds is 2. The highest BCUT2D eigenvalue weighted by Gasteiger charge is 2.07. The second-order valence-electron chi connectivity index (χ2n) is 3.65. The van der Waals surface area contributed by atoms with E-state index < -0.39 is 0 Å². The van der Waals surface area contributed by atoms with Crippen LogP contribution >= 0.6 is 12.4 Å². The Morgan fingerprint density at radius 3 is 2.68 bits per heavy atom. The van der Waals surface area contributed by atoms with Crippen LogP contribution in [-0.4, -0.2) is 30.1 Å². The van der Waals surface area contributed by atoms with Crippen molar-refractivity contribution in [1.82, 2.24) is 19.9 Å². The minimum atomic E-state index is -0.199. The Labute approximate surface area is 113 Å². The molecular formula is C11H10ClN5O2. The maximum absolute atomic E-state index is 9.41. The van der Waals surface area contributed by atoms with Gasteiger partial charge in [-0.25, -0.2) is 15.0 Å². The van der Waals surface area contributed by atoms with Gasteiger partial charge in [0.15, 0.2) is 23.0 Å². The zero-order valence-electron chi connectivity index (χ0n) is 9.53. The van der Waals surface area contributed by atoms with Gasteiger partial charge in [0.1, 0.15) is 11.8 Å². The molecule has 2 aromatic heterocycles. The molecule has 0 aliphatic rings.